The lowest BCUT2D eigenvalue weighted by Gasteiger charge is -2.08. The Labute approximate surface area is 132 Å². The Hall–Kier alpha value is -1.85. The molecule has 0 fully saturated rings. The molecule has 0 aliphatic rings. The summed E-state index contributed by atoms with van der Waals surface area (Å²) in [6, 6.07) is 16.9. The molecule has 0 saturated heterocycles. The van der Waals surface area contributed by atoms with Crippen molar-refractivity contribution in [2.75, 3.05) is 13.2 Å². The van der Waals surface area contributed by atoms with Crippen molar-refractivity contribution in [1.82, 2.24) is 4.72 Å². The standard InChI is InChI=1S/C17H21NO3S/c1-2-21-17-10-8-15(9-11-17)12-13-18-22(19,20)14-16-6-4-3-5-7-16/h3-11,18H,2,12-14H2,1H3. The van der Waals surface area contributed by atoms with Crippen molar-refractivity contribution in [3.63, 3.8) is 0 Å². The average molecular weight is 319 g/mol. The monoisotopic (exact) mass is 319 g/mol. The summed E-state index contributed by atoms with van der Waals surface area (Å²) in [7, 11) is -3.30. The van der Waals surface area contributed by atoms with E-state index in [-0.39, 0.29) is 5.75 Å². The van der Waals surface area contributed by atoms with Gasteiger partial charge in [-0.15, -0.1) is 0 Å². The normalized spacial score (nSPS) is 11.3. The summed E-state index contributed by atoms with van der Waals surface area (Å²) in [5, 5.41) is 0. The second-order valence-corrected chi connectivity index (χ2v) is 6.77. The van der Waals surface area contributed by atoms with Crippen LogP contribution in [0.5, 0.6) is 5.75 Å². The van der Waals surface area contributed by atoms with Crippen LogP contribution in [-0.4, -0.2) is 21.6 Å². The van der Waals surface area contributed by atoms with Crippen LogP contribution >= 0.6 is 0 Å². The molecule has 2 aromatic rings. The highest BCUT2D eigenvalue weighted by molar-refractivity contribution is 7.88. The maximum absolute atomic E-state index is 12.0. The van der Waals surface area contributed by atoms with E-state index in [0.717, 1.165) is 16.9 Å². The lowest BCUT2D eigenvalue weighted by atomic mass is 10.1. The van der Waals surface area contributed by atoms with E-state index in [1.165, 1.54) is 0 Å². The maximum Gasteiger partial charge on any atom is 0.215 e. The van der Waals surface area contributed by atoms with Crippen LogP contribution in [0.1, 0.15) is 18.1 Å². The summed E-state index contributed by atoms with van der Waals surface area (Å²) in [5.74, 6) is 0.841. The van der Waals surface area contributed by atoms with E-state index >= 15 is 0 Å². The topological polar surface area (TPSA) is 55.4 Å². The predicted molar refractivity (Wildman–Crippen MR) is 88.4 cm³/mol. The molecule has 0 spiro atoms. The molecule has 0 saturated carbocycles. The zero-order valence-corrected chi connectivity index (χ0v) is 13.5. The Kier molecular flexibility index (Phi) is 5.98. The molecular weight excluding hydrogens is 298 g/mol. The van der Waals surface area contributed by atoms with Crippen LogP contribution in [0.15, 0.2) is 54.6 Å². The van der Waals surface area contributed by atoms with Gasteiger partial charge in [0.1, 0.15) is 5.75 Å². The highest BCUT2D eigenvalue weighted by atomic mass is 32.2. The van der Waals surface area contributed by atoms with Crippen LogP contribution in [0.3, 0.4) is 0 Å². The highest BCUT2D eigenvalue weighted by Gasteiger charge is 2.10. The maximum atomic E-state index is 12.0. The number of hydrogen-bond donors (Lipinski definition) is 1. The third kappa shape index (κ3) is 5.50. The molecule has 2 aromatic carbocycles. The lowest BCUT2D eigenvalue weighted by molar-refractivity contribution is 0.340. The molecule has 0 heterocycles. The summed E-state index contributed by atoms with van der Waals surface area (Å²) >= 11 is 0. The number of ether oxygens (including phenoxy) is 1. The fourth-order valence-corrected chi connectivity index (χ4v) is 3.26. The fourth-order valence-electron chi connectivity index (χ4n) is 2.11. The first-order valence-electron chi connectivity index (χ1n) is 7.32. The third-order valence-corrected chi connectivity index (χ3v) is 4.53. The molecule has 0 aliphatic carbocycles. The zero-order chi connectivity index (χ0) is 15.8. The van der Waals surface area contributed by atoms with Crippen molar-refractivity contribution >= 4 is 10.0 Å². The first kappa shape index (κ1) is 16.5. The van der Waals surface area contributed by atoms with Crippen molar-refractivity contribution in [2.45, 2.75) is 19.1 Å². The van der Waals surface area contributed by atoms with Crippen LogP contribution in [0.2, 0.25) is 0 Å². The largest absolute Gasteiger partial charge is 0.494 e. The summed E-state index contributed by atoms with van der Waals surface area (Å²) in [6.45, 7) is 2.97. The third-order valence-electron chi connectivity index (χ3n) is 3.17. The van der Waals surface area contributed by atoms with Crippen molar-refractivity contribution in [3.8, 4) is 5.75 Å². The number of benzene rings is 2. The van der Waals surface area contributed by atoms with Crippen molar-refractivity contribution in [2.24, 2.45) is 0 Å². The molecule has 2 rings (SSSR count). The quantitative estimate of drug-likeness (QED) is 0.814. The van der Waals surface area contributed by atoms with Crippen LogP contribution in [0.25, 0.3) is 0 Å². The van der Waals surface area contributed by atoms with Gasteiger partial charge in [0, 0.05) is 6.54 Å². The first-order valence-corrected chi connectivity index (χ1v) is 8.97. The summed E-state index contributed by atoms with van der Waals surface area (Å²) < 4.78 is 32.0. The number of rotatable bonds is 8. The Morgan fingerprint density at radius 2 is 1.64 bits per heavy atom. The van der Waals surface area contributed by atoms with E-state index in [2.05, 4.69) is 4.72 Å². The van der Waals surface area contributed by atoms with Gasteiger partial charge in [0.05, 0.1) is 12.4 Å². The summed E-state index contributed by atoms with van der Waals surface area (Å²) in [4.78, 5) is 0. The van der Waals surface area contributed by atoms with E-state index in [1.807, 2.05) is 61.5 Å². The van der Waals surface area contributed by atoms with Gasteiger partial charge in [-0.05, 0) is 36.6 Å². The minimum Gasteiger partial charge on any atom is -0.494 e. The highest BCUT2D eigenvalue weighted by Crippen LogP contribution is 2.12. The Morgan fingerprint density at radius 3 is 2.27 bits per heavy atom. The average Bonchev–Trinajstić information content (AvgIpc) is 2.50. The van der Waals surface area contributed by atoms with E-state index in [4.69, 9.17) is 4.74 Å². The van der Waals surface area contributed by atoms with Crippen LogP contribution < -0.4 is 9.46 Å². The number of sulfonamides is 1. The Morgan fingerprint density at radius 1 is 0.955 bits per heavy atom. The molecular formula is C17H21NO3S. The van der Waals surface area contributed by atoms with Gasteiger partial charge in [-0.25, -0.2) is 13.1 Å². The molecule has 4 nitrogen and oxygen atoms in total. The van der Waals surface area contributed by atoms with Crippen molar-refractivity contribution < 1.29 is 13.2 Å². The number of nitrogens with one attached hydrogen (secondary N) is 1. The van der Waals surface area contributed by atoms with Crippen molar-refractivity contribution in [1.29, 1.82) is 0 Å². The molecule has 0 amide bonds. The van der Waals surface area contributed by atoms with Gasteiger partial charge in [-0.1, -0.05) is 42.5 Å². The Balaban J connectivity index is 1.82. The molecule has 22 heavy (non-hydrogen) atoms. The molecule has 0 unspecified atom stereocenters. The summed E-state index contributed by atoms with van der Waals surface area (Å²) in [6.07, 6.45) is 0.653. The van der Waals surface area contributed by atoms with Crippen LogP contribution in [0.4, 0.5) is 0 Å². The van der Waals surface area contributed by atoms with E-state index in [9.17, 15) is 8.42 Å². The zero-order valence-electron chi connectivity index (χ0n) is 12.7. The molecule has 0 radical (unpaired) electrons. The van der Waals surface area contributed by atoms with Crippen molar-refractivity contribution in [3.05, 3.63) is 65.7 Å². The summed E-state index contributed by atoms with van der Waals surface area (Å²) in [5.41, 5.74) is 1.86. The Bertz CT molecular complexity index is 667. The van der Waals surface area contributed by atoms with Gasteiger partial charge in [-0.2, -0.15) is 0 Å². The molecule has 0 aliphatic heterocycles. The minimum atomic E-state index is -3.30. The van der Waals surface area contributed by atoms with Gasteiger partial charge in [0.25, 0.3) is 0 Å². The minimum absolute atomic E-state index is 0.0110. The molecule has 1 N–H and O–H groups in total. The molecule has 0 bridgehead atoms. The van der Waals surface area contributed by atoms with Gasteiger partial charge >= 0.3 is 0 Å². The van der Waals surface area contributed by atoms with Gasteiger partial charge in [-0.3, -0.25) is 0 Å². The van der Waals surface area contributed by atoms with E-state index in [0.29, 0.717) is 19.6 Å². The first-order chi connectivity index (χ1) is 10.6. The number of hydrogen-bond acceptors (Lipinski definition) is 3. The van der Waals surface area contributed by atoms with Gasteiger partial charge in [0.15, 0.2) is 0 Å². The predicted octanol–water partition coefficient (Wildman–Crippen LogP) is 2.75. The van der Waals surface area contributed by atoms with E-state index in [1.54, 1.807) is 0 Å². The smallest absolute Gasteiger partial charge is 0.215 e. The van der Waals surface area contributed by atoms with E-state index < -0.39 is 10.0 Å². The van der Waals surface area contributed by atoms with Gasteiger partial charge in [0.2, 0.25) is 10.0 Å². The molecule has 0 atom stereocenters. The fraction of sp³-hybridized carbons (Fsp3) is 0.294. The lowest BCUT2D eigenvalue weighted by Crippen LogP contribution is -2.27. The molecule has 118 valence electrons. The molecule has 5 heteroatoms. The SMILES string of the molecule is CCOc1ccc(CCNS(=O)(=O)Cc2ccccc2)cc1. The van der Waals surface area contributed by atoms with Crippen LogP contribution in [-0.2, 0) is 22.2 Å². The molecule has 0 aromatic heterocycles. The second-order valence-electron chi connectivity index (χ2n) is 4.97. The van der Waals surface area contributed by atoms with Gasteiger partial charge < -0.3 is 4.74 Å². The van der Waals surface area contributed by atoms with Crippen LogP contribution in [0, 0.1) is 0 Å². The second kappa shape index (κ2) is 7.96.